The summed E-state index contributed by atoms with van der Waals surface area (Å²) in [6.07, 6.45) is 0. The maximum atomic E-state index is 14.1. The number of ether oxygens (including phenoxy) is 1. The van der Waals surface area contributed by atoms with Crippen LogP contribution in [0.2, 0.25) is 0 Å². The van der Waals surface area contributed by atoms with Gasteiger partial charge in [-0.05, 0) is 37.2 Å². The highest BCUT2D eigenvalue weighted by molar-refractivity contribution is 9.10. The maximum absolute atomic E-state index is 14.1. The lowest BCUT2D eigenvalue weighted by Crippen LogP contribution is -2.18. The molecule has 0 aliphatic carbocycles. The topological polar surface area (TPSA) is 21.3 Å². The van der Waals surface area contributed by atoms with E-state index in [4.69, 9.17) is 4.74 Å². The van der Waals surface area contributed by atoms with Crippen LogP contribution in [0.1, 0.15) is 31.0 Å². The number of hydrogen-bond donors (Lipinski definition) is 1. The average molecular weight is 352 g/mol. The smallest absolute Gasteiger partial charge is 0.131 e. The second-order valence-electron chi connectivity index (χ2n) is 4.88. The minimum Gasteiger partial charge on any atom is -0.489 e. The van der Waals surface area contributed by atoms with E-state index >= 15 is 0 Å². The lowest BCUT2D eigenvalue weighted by atomic mass is 10.1. The van der Waals surface area contributed by atoms with Crippen LogP contribution in [-0.4, -0.2) is 6.54 Å². The number of hydrogen-bond acceptors (Lipinski definition) is 2. The molecule has 0 fully saturated rings. The molecule has 0 heterocycles. The molecular formula is C17H19BrFNO. The van der Waals surface area contributed by atoms with Crippen molar-refractivity contribution in [3.63, 3.8) is 0 Å². The Bertz CT molecular complexity index is 586. The van der Waals surface area contributed by atoms with Crippen molar-refractivity contribution in [1.29, 1.82) is 0 Å². The van der Waals surface area contributed by atoms with Gasteiger partial charge in [0.25, 0.3) is 0 Å². The van der Waals surface area contributed by atoms with Gasteiger partial charge in [-0.25, -0.2) is 4.39 Å². The summed E-state index contributed by atoms with van der Waals surface area (Å²) in [5, 5.41) is 3.20. The Kier molecular flexibility index (Phi) is 5.76. The van der Waals surface area contributed by atoms with E-state index in [-0.39, 0.29) is 11.9 Å². The Hall–Kier alpha value is -1.39. The monoisotopic (exact) mass is 351 g/mol. The van der Waals surface area contributed by atoms with E-state index in [9.17, 15) is 4.39 Å². The summed E-state index contributed by atoms with van der Waals surface area (Å²) in [6.45, 7) is 5.19. The third-order valence-corrected chi connectivity index (χ3v) is 3.80. The molecule has 0 aliphatic heterocycles. The molecule has 1 unspecified atom stereocenters. The van der Waals surface area contributed by atoms with E-state index < -0.39 is 0 Å². The largest absolute Gasteiger partial charge is 0.489 e. The summed E-state index contributed by atoms with van der Waals surface area (Å²) in [5.41, 5.74) is 1.71. The van der Waals surface area contributed by atoms with Gasteiger partial charge in [0.2, 0.25) is 0 Å². The number of halogens is 2. The van der Waals surface area contributed by atoms with Crippen LogP contribution in [0.25, 0.3) is 0 Å². The van der Waals surface area contributed by atoms with E-state index in [1.54, 1.807) is 6.07 Å². The quantitative estimate of drug-likeness (QED) is 0.803. The average Bonchev–Trinajstić information content (AvgIpc) is 2.47. The van der Waals surface area contributed by atoms with Crippen molar-refractivity contribution in [2.45, 2.75) is 26.5 Å². The molecule has 0 bridgehead atoms. The van der Waals surface area contributed by atoms with Crippen LogP contribution in [0.3, 0.4) is 0 Å². The SMILES string of the molecule is CCNC(C)c1ccc(OCc2ccc(Br)cc2)cc1F. The van der Waals surface area contributed by atoms with E-state index in [1.165, 1.54) is 6.07 Å². The summed E-state index contributed by atoms with van der Waals surface area (Å²) >= 11 is 3.39. The summed E-state index contributed by atoms with van der Waals surface area (Å²) in [7, 11) is 0. The summed E-state index contributed by atoms with van der Waals surface area (Å²) in [6, 6.07) is 12.9. The first-order chi connectivity index (χ1) is 10.1. The minimum atomic E-state index is -0.239. The predicted molar refractivity (Wildman–Crippen MR) is 87.0 cm³/mol. The molecule has 4 heteroatoms. The zero-order chi connectivity index (χ0) is 15.2. The van der Waals surface area contributed by atoms with Crippen LogP contribution < -0.4 is 10.1 Å². The van der Waals surface area contributed by atoms with E-state index in [0.717, 1.165) is 16.6 Å². The summed E-state index contributed by atoms with van der Waals surface area (Å²) in [4.78, 5) is 0. The van der Waals surface area contributed by atoms with Crippen LogP contribution in [0.4, 0.5) is 4.39 Å². The molecule has 2 nitrogen and oxygen atoms in total. The van der Waals surface area contributed by atoms with Gasteiger partial charge in [0.05, 0.1) is 0 Å². The van der Waals surface area contributed by atoms with E-state index in [0.29, 0.717) is 17.9 Å². The van der Waals surface area contributed by atoms with Crippen molar-refractivity contribution in [2.75, 3.05) is 6.54 Å². The molecule has 2 rings (SSSR count). The van der Waals surface area contributed by atoms with Gasteiger partial charge in [0.1, 0.15) is 18.2 Å². The van der Waals surface area contributed by atoms with Crippen molar-refractivity contribution >= 4 is 15.9 Å². The third kappa shape index (κ3) is 4.55. The van der Waals surface area contributed by atoms with Gasteiger partial charge in [0.15, 0.2) is 0 Å². The Labute approximate surface area is 133 Å². The molecule has 2 aromatic carbocycles. The molecule has 0 amide bonds. The van der Waals surface area contributed by atoms with Crippen LogP contribution in [-0.2, 0) is 6.61 Å². The Morgan fingerprint density at radius 2 is 1.90 bits per heavy atom. The van der Waals surface area contributed by atoms with Crippen molar-refractivity contribution in [1.82, 2.24) is 5.32 Å². The highest BCUT2D eigenvalue weighted by Gasteiger charge is 2.10. The number of rotatable bonds is 6. The molecular weight excluding hydrogens is 333 g/mol. The predicted octanol–water partition coefficient (Wildman–Crippen LogP) is 4.84. The second-order valence-corrected chi connectivity index (χ2v) is 5.79. The minimum absolute atomic E-state index is 0.00414. The van der Waals surface area contributed by atoms with Crippen LogP contribution >= 0.6 is 15.9 Å². The molecule has 21 heavy (non-hydrogen) atoms. The molecule has 112 valence electrons. The molecule has 1 atom stereocenters. The van der Waals surface area contributed by atoms with Crippen molar-refractivity contribution < 1.29 is 9.13 Å². The molecule has 0 radical (unpaired) electrons. The molecule has 0 saturated carbocycles. The zero-order valence-corrected chi connectivity index (χ0v) is 13.8. The fourth-order valence-electron chi connectivity index (χ4n) is 2.11. The van der Waals surface area contributed by atoms with E-state index in [1.807, 2.05) is 44.2 Å². The number of benzene rings is 2. The Balaban J connectivity index is 2.01. The van der Waals surface area contributed by atoms with Crippen LogP contribution in [0.5, 0.6) is 5.75 Å². The molecule has 1 N–H and O–H groups in total. The lowest BCUT2D eigenvalue weighted by molar-refractivity contribution is 0.304. The first-order valence-corrected chi connectivity index (χ1v) is 7.79. The number of nitrogens with one attached hydrogen (secondary N) is 1. The maximum Gasteiger partial charge on any atom is 0.131 e. The van der Waals surface area contributed by atoms with Gasteiger partial charge in [-0.3, -0.25) is 0 Å². The highest BCUT2D eigenvalue weighted by Crippen LogP contribution is 2.22. The molecule has 0 saturated heterocycles. The van der Waals surface area contributed by atoms with E-state index in [2.05, 4.69) is 21.2 Å². The van der Waals surface area contributed by atoms with Crippen LogP contribution in [0, 0.1) is 5.82 Å². The van der Waals surface area contributed by atoms with Gasteiger partial charge in [0, 0.05) is 22.1 Å². The first kappa shape index (κ1) is 16.0. The molecule has 0 aromatic heterocycles. The van der Waals surface area contributed by atoms with Gasteiger partial charge in [-0.2, -0.15) is 0 Å². The summed E-state index contributed by atoms with van der Waals surface area (Å²) in [5.74, 6) is 0.305. The van der Waals surface area contributed by atoms with Gasteiger partial charge >= 0.3 is 0 Å². The molecule has 0 spiro atoms. The third-order valence-electron chi connectivity index (χ3n) is 3.27. The zero-order valence-electron chi connectivity index (χ0n) is 12.2. The first-order valence-electron chi connectivity index (χ1n) is 7.00. The fourth-order valence-corrected chi connectivity index (χ4v) is 2.38. The fraction of sp³-hybridized carbons (Fsp3) is 0.294. The summed E-state index contributed by atoms with van der Waals surface area (Å²) < 4.78 is 20.7. The Morgan fingerprint density at radius 3 is 2.52 bits per heavy atom. The van der Waals surface area contributed by atoms with Gasteiger partial charge in [-0.15, -0.1) is 0 Å². The van der Waals surface area contributed by atoms with Crippen molar-refractivity contribution in [3.05, 3.63) is 63.9 Å². The molecule has 2 aromatic rings. The van der Waals surface area contributed by atoms with Crippen LogP contribution in [0.15, 0.2) is 46.9 Å². The van der Waals surface area contributed by atoms with Crippen molar-refractivity contribution in [3.8, 4) is 5.75 Å². The second kappa shape index (κ2) is 7.57. The normalized spacial score (nSPS) is 12.2. The van der Waals surface area contributed by atoms with Gasteiger partial charge in [-0.1, -0.05) is 41.1 Å². The highest BCUT2D eigenvalue weighted by atomic mass is 79.9. The molecule has 0 aliphatic rings. The lowest BCUT2D eigenvalue weighted by Gasteiger charge is -2.14. The standard InChI is InChI=1S/C17H19BrFNO/c1-3-20-12(2)16-9-8-15(10-17(16)19)21-11-13-4-6-14(18)7-5-13/h4-10,12,20H,3,11H2,1-2H3. The van der Waals surface area contributed by atoms with Crippen molar-refractivity contribution in [2.24, 2.45) is 0 Å². The van der Waals surface area contributed by atoms with Gasteiger partial charge < -0.3 is 10.1 Å². The Morgan fingerprint density at radius 1 is 1.19 bits per heavy atom.